The lowest BCUT2D eigenvalue weighted by molar-refractivity contribution is 0.411. The molecule has 0 aromatic heterocycles. The smallest absolute Gasteiger partial charge is 0.244 e. The molecular weight excluding hydrogens is 288 g/mol. The van der Waals surface area contributed by atoms with Crippen LogP contribution in [-0.4, -0.2) is 46.0 Å². The van der Waals surface area contributed by atoms with E-state index in [0.29, 0.717) is 25.4 Å². The molecule has 1 aliphatic heterocycles. The van der Waals surface area contributed by atoms with Crippen LogP contribution in [0.15, 0.2) is 23.1 Å². The molecule has 0 spiro atoms. The van der Waals surface area contributed by atoms with Gasteiger partial charge in [-0.25, -0.2) is 8.42 Å². The standard InChI is InChI=1S/C12H17ClN2O3S/c1-18-10-3-4-11(13)12(9-10)19(16,17)15-7-2-5-14-6-8-15/h3-4,9,14H,2,5-8H2,1H3. The maximum atomic E-state index is 12.6. The van der Waals surface area contributed by atoms with E-state index in [1.54, 1.807) is 12.1 Å². The van der Waals surface area contributed by atoms with Gasteiger partial charge in [0.05, 0.1) is 12.1 Å². The van der Waals surface area contributed by atoms with Crippen LogP contribution in [0.5, 0.6) is 5.75 Å². The highest BCUT2D eigenvalue weighted by Crippen LogP contribution is 2.28. The Morgan fingerprint density at radius 1 is 1.32 bits per heavy atom. The van der Waals surface area contributed by atoms with Crippen molar-refractivity contribution in [3.63, 3.8) is 0 Å². The first kappa shape index (κ1) is 14.6. The Morgan fingerprint density at radius 2 is 2.11 bits per heavy atom. The lowest BCUT2D eigenvalue weighted by Gasteiger charge is -2.20. The zero-order valence-corrected chi connectivity index (χ0v) is 12.3. The van der Waals surface area contributed by atoms with E-state index in [-0.39, 0.29) is 9.92 Å². The predicted octanol–water partition coefficient (Wildman–Crippen LogP) is 1.33. The predicted molar refractivity (Wildman–Crippen MR) is 74.2 cm³/mol. The number of nitrogens with zero attached hydrogens (tertiary/aromatic N) is 1. The molecule has 7 heteroatoms. The third-order valence-electron chi connectivity index (χ3n) is 3.06. The van der Waals surface area contributed by atoms with Crippen molar-refractivity contribution in [3.8, 4) is 5.75 Å². The van der Waals surface area contributed by atoms with Gasteiger partial charge in [0.1, 0.15) is 10.6 Å². The van der Waals surface area contributed by atoms with E-state index in [1.165, 1.54) is 17.5 Å². The first-order valence-corrected chi connectivity index (χ1v) is 7.92. The molecule has 5 nitrogen and oxygen atoms in total. The topological polar surface area (TPSA) is 58.6 Å². The number of benzene rings is 1. The van der Waals surface area contributed by atoms with Crippen molar-refractivity contribution in [2.45, 2.75) is 11.3 Å². The van der Waals surface area contributed by atoms with E-state index >= 15 is 0 Å². The molecule has 1 fully saturated rings. The SMILES string of the molecule is COc1ccc(Cl)c(S(=O)(=O)N2CCCNCC2)c1. The van der Waals surface area contributed by atoms with Gasteiger partial charge in [-0.2, -0.15) is 4.31 Å². The van der Waals surface area contributed by atoms with E-state index < -0.39 is 10.0 Å². The molecular formula is C12H17ClN2O3S. The van der Waals surface area contributed by atoms with Crippen LogP contribution >= 0.6 is 11.6 Å². The highest BCUT2D eigenvalue weighted by molar-refractivity contribution is 7.89. The number of nitrogens with one attached hydrogen (secondary N) is 1. The highest BCUT2D eigenvalue weighted by atomic mass is 35.5. The molecule has 1 N–H and O–H groups in total. The Labute approximate surface area is 118 Å². The van der Waals surface area contributed by atoms with Gasteiger partial charge < -0.3 is 10.1 Å². The summed E-state index contributed by atoms with van der Waals surface area (Å²) in [5.41, 5.74) is 0. The van der Waals surface area contributed by atoms with Crippen molar-refractivity contribution in [1.82, 2.24) is 9.62 Å². The third kappa shape index (κ3) is 3.20. The van der Waals surface area contributed by atoms with Gasteiger partial charge in [-0.15, -0.1) is 0 Å². The molecule has 106 valence electrons. The zero-order chi connectivity index (χ0) is 13.9. The Bertz CT molecular complexity index is 540. The molecule has 0 amide bonds. The minimum atomic E-state index is -3.57. The molecule has 1 saturated heterocycles. The summed E-state index contributed by atoms with van der Waals surface area (Å²) in [6, 6.07) is 4.66. The molecule has 1 heterocycles. The summed E-state index contributed by atoms with van der Waals surface area (Å²) in [7, 11) is -2.07. The van der Waals surface area contributed by atoms with Gasteiger partial charge in [-0.1, -0.05) is 11.6 Å². The average molecular weight is 305 g/mol. The van der Waals surface area contributed by atoms with Crippen LogP contribution in [0.1, 0.15) is 6.42 Å². The Hall–Kier alpha value is -0.820. The first-order valence-electron chi connectivity index (χ1n) is 6.10. The second kappa shape index (κ2) is 6.09. The quantitative estimate of drug-likeness (QED) is 0.915. The van der Waals surface area contributed by atoms with E-state index in [0.717, 1.165) is 13.0 Å². The minimum absolute atomic E-state index is 0.107. The average Bonchev–Trinajstić information content (AvgIpc) is 2.68. The van der Waals surface area contributed by atoms with Crippen LogP contribution in [0.3, 0.4) is 0 Å². The van der Waals surface area contributed by atoms with Gasteiger partial charge >= 0.3 is 0 Å². The molecule has 1 aromatic carbocycles. The number of methoxy groups -OCH3 is 1. The van der Waals surface area contributed by atoms with Crippen molar-refractivity contribution in [2.75, 3.05) is 33.3 Å². The Morgan fingerprint density at radius 3 is 2.84 bits per heavy atom. The Kier molecular flexibility index (Phi) is 4.67. The van der Waals surface area contributed by atoms with Crippen molar-refractivity contribution < 1.29 is 13.2 Å². The van der Waals surface area contributed by atoms with E-state index in [4.69, 9.17) is 16.3 Å². The summed E-state index contributed by atoms with van der Waals surface area (Å²) in [6.45, 7) is 2.44. The molecule has 0 atom stereocenters. The molecule has 2 rings (SSSR count). The van der Waals surface area contributed by atoms with Gasteiger partial charge in [0.15, 0.2) is 0 Å². The normalized spacial score (nSPS) is 18.0. The van der Waals surface area contributed by atoms with Crippen LogP contribution in [0.4, 0.5) is 0 Å². The van der Waals surface area contributed by atoms with Crippen LogP contribution in [-0.2, 0) is 10.0 Å². The van der Waals surface area contributed by atoms with Crippen molar-refractivity contribution >= 4 is 21.6 Å². The fourth-order valence-corrected chi connectivity index (χ4v) is 3.98. The van der Waals surface area contributed by atoms with E-state index in [1.807, 2.05) is 0 Å². The highest BCUT2D eigenvalue weighted by Gasteiger charge is 2.27. The number of rotatable bonds is 3. The largest absolute Gasteiger partial charge is 0.497 e. The summed E-state index contributed by atoms with van der Waals surface area (Å²) < 4.78 is 31.7. The molecule has 1 aromatic rings. The van der Waals surface area contributed by atoms with Gasteiger partial charge in [0, 0.05) is 25.7 Å². The molecule has 19 heavy (non-hydrogen) atoms. The van der Waals surface area contributed by atoms with Gasteiger partial charge in [-0.05, 0) is 25.1 Å². The molecule has 1 aliphatic rings. The number of halogens is 1. The summed E-state index contributed by atoms with van der Waals surface area (Å²) in [5.74, 6) is 0.482. The number of sulfonamides is 1. The first-order chi connectivity index (χ1) is 9.05. The summed E-state index contributed by atoms with van der Waals surface area (Å²) in [6.07, 6.45) is 0.792. The molecule has 0 saturated carbocycles. The van der Waals surface area contributed by atoms with Gasteiger partial charge in [0.25, 0.3) is 0 Å². The fourth-order valence-electron chi connectivity index (χ4n) is 2.01. The maximum Gasteiger partial charge on any atom is 0.244 e. The molecule has 0 bridgehead atoms. The monoisotopic (exact) mass is 304 g/mol. The number of ether oxygens (including phenoxy) is 1. The second-order valence-corrected chi connectivity index (χ2v) is 6.62. The molecule has 0 unspecified atom stereocenters. The summed E-state index contributed by atoms with van der Waals surface area (Å²) in [4.78, 5) is 0.107. The molecule has 0 aliphatic carbocycles. The van der Waals surface area contributed by atoms with Crippen molar-refractivity contribution in [3.05, 3.63) is 23.2 Å². The zero-order valence-electron chi connectivity index (χ0n) is 10.7. The summed E-state index contributed by atoms with van der Waals surface area (Å²) >= 11 is 6.02. The minimum Gasteiger partial charge on any atom is -0.497 e. The maximum absolute atomic E-state index is 12.6. The van der Waals surface area contributed by atoms with Crippen LogP contribution in [0.25, 0.3) is 0 Å². The third-order valence-corrected chi connectivity index (χ3v) is 5.44. The second-order valence-electron chi connectivity index (χ2n) is 4.30. The lowest BCUT2D eigenvalue weighted by Crippen LogP contribution is -2.34. The van der Waals surface area contributed by atoms with Gasteiger partial charge in [0.2, 0.25) is 10.0 Å². The lowest BCUT2D eigenvalue weighted by atomic mass is 10.3. The van der Waals surface area contributed by atoms with Crippen molar-refractivity contribution in [2.24, 2.45) is 0 Å². The Balaban J connectivity index is 2.37. The number of hydrogen-bond acceptors (Lipinski definition) is 4. The number of hydrogen-bond donors (Lipinski definition) is 1. The molecule has 0 radical (unpaired) electrons. The fraction of sp³-hybridized carbons (Fsp3) is 0.500. The van der Waals surface area contributed by atoms with Crippen molar-refractivity contribution in [1.29, 1.82) is 0 Å². The van der Waals surface area contributed by atoms with Crippen LogP contribution in [0, 0.1) is 0 Å². The summed E-state index contributed by atoms with van der Waals surface area (Å²) in [5, 5.41) is 3.39. The van der Waals surface area contributed by atoms with Gasteiger partial charge in [-0.3, -0.25) is 0 Å². The van der Waals surface area contributed by atoms with Crippen LogP contribution < -0.4 is 10.1 Å². The van der Waals surface area contributed by atoms with E-state index in [9.17, 15) is 8.42 Å². The van der Waals surface area contributed by atoms with E-state index in [2.05, 4.69) is 5.32 Å². The van der Waals surface area contributed by atoms with Crippen LogP contribution in [0.2, 0.25) is 5.02 Å².